The largest absolute Gasteiger partial charge is 0.383 e. The number of nitrogen functional groups attached to an aromatic ring is 1. The number of halogens is 4. The summed E-state index contributed by atoms with van der Waals surface area (Å²) < 4.78 is 65.7. The van der Waals surface area contributed by atoms with E-state index in [-0.39, 0.29) is 5.82 Å². The third-order valence-corrected chi connectivity index (χ3v) is 4.25. The highest BCUT2D eigenvalue weighted by atomic mass is 79.9. The Morgan fingerprint density at radius 1 is 1.19 bits per heavy atom. The molecule has 1 aromatic carbocycles. The Morgan fingerprint density at radius 2 is 1.86 bits per heavy atom. The van der Waals surface area contributed by atoms with Crippen LogP contribution in [0.4, 0.5) is 24.7 Å². The molecule has 0 amide bonds. The van der Waals surface area contributed by atoms with Crippen LogP contribution in [0.15, 0.2) is 33.8 Å². The lowest BCUT2D eigenvalue weighted by molar-refractivity contribution is 0.449. The van der Waals surface area contributed by atoms with E-state index >= 15 is 0 Å². The van der Waals surface area contributed by atoms with Gasteiger partial charge in [0.05, 0.1) is 5.69 Å². The van der Waals surface area contributed by atoms with Crippen molar-refractivity contribution in [1.82, 2.24) is 4.98 Å². The Morgan fingerprint density at radius 3 is 2.52 bits per heavy atom. The van der Waals surface area contributed by atoms with E-state index in [9.17, 15) is 21.6 Å². The van der Waals surface area contributed by atoms with E-state index in [0.717, 1.165) is 12.1 Å². The number of aromatic nitrogens is 1. The predicted molar refractivity (Wildman–Crippen MR) is 73.5 cm³/mol. The first-order valence-electron chi connectivity index (χ1n) is 5.29. The summed E-state index contributed by atoms with van der Waals surface area (Å²) in [6.07, 6.45) is 1.27. The van der Waals surface area contributed by atoms with Gasteiger partial charge < -0.3 is 5.73 Å². The molecular formula is C11H7BrF3N3O2S. The minimum atomic E-state index is -4.32. The molecule has 10 heteroatoms. The number of nitrogens with one attached hydrogen (secondary N) is 1. The average Bonchev–Trinajstić information content (AvgIpc) is 2.42. The fraction of sp³-hybridized carbons (Fsp3) is 0. The topological polar surface area (TPSA) is 85.1 Å². The number of rotatable bonds is 3. The monoisotopic (exact) mass is 381 g/mol. The van der Waals surface area contributed by atoms with Gasteiger partial charge in [-0.1, -0.05) is 0 Å². The van der Waals surface area contributed by atoms with Crippen molar-refractivity contribution in [2.75, 3.05) is 10.5 Å². The van der Waals surface area contributed by atoms with Gasteiger partial charge in [-0.2, -0.15) is 0 Å². The Labute approximate surface area is 126 Å². The number of anilines is 2. The molecule has 0 bridgehead atoms. The molecule has 0 spiro atoms. The maximum atomic E-state index is 13.5. The highest BCUT2D eigenvalue weighted by Crippen LogP contribution is 2.26. The maximum absolute atomic E-state index is 13.5. The zero-order chi connectivity index (χ0) is 15.8. The van der Waals surface area contributed by atoms with E-state index in [0.29, 0.717) is 10.5 Å². The Bertz CT molecular complexity index is 815. The van der Waals surface area contributed by atoms with Crippen LogP contribution in [0.2, 0.25) is 0 Å². The number of sulfonamides is 1. The van der Waals surface area contributed by atoms with Crippen molar-refractivity contribution >= 4 is 37.5 Å². The quantitative estimate of drug-likeness (QED) is 0.800. The van der Waals surface area contributed by atoms with E-state index in [1.54, 1.807) is 4.72 Å². The molecule has 0 fully saturated rings. The Balaban J connectivity index is 2.47. The molecule has 0 aliphatic heterocycles. The molecular weight excluding hydrogens is 375 g/mol. The third-order valence-electron chi connectivity index (χ3n) is 2.42. The Kier molecular flexibility index (Phi) is 4.10. The zero-order valence-corrected chi connectivity index (χ0v) is 12.5. The molecule has 5 nitrogen and oxygen atoms in total. The first kappa shape index (κ1) is 15.6. The molecule has 1 heterocycles. The molecule has 0 aliphatic carbocycles. The first-order valence-corrected chi connectivity index (χ1v) is 7.57. The summed E-state index contributed by atoms with van der Waals surface area (Å²) in [5.41, 5.74) is 4.70. The molecule has 2 rings (SSSR count). The lowest BCUT2D eigenvalue weighted by Gasteiger charge is -2.11. The van der Waals surface area contributed by atoms with Gasteiger partial charge in [0.25, 0.3) is 10.0 Å². The molecule has 0 unspecified atom stereocenters. The summed E-state index contributed by atoms with van der Waals surface area (Å²) in [7, 11) is -4.32. The van der Waals surface area contributed by atoms with Gasteiger partial charge in [-0.3, -0.25) is 4.72 Å². The number of nitrogens with zero attached hydrogens (tertiary/aromatic N) is 1. The zero-order valence-electron chi connectivity index (χ0n) is 10.1. The van der Waals surface area contributed by atoms with Crippen LogP contribution in [0, 0.1) is 17.5 Å². The van der Waals surface area contributed by atoms with Crippen LogP contribution in [0.3, 0.4) is 0 Å². The van der Waals surface area contributed by atoms with E-state index in [2.05, 4.69) is 20.9 Å². The van der Waals surface area contributed by atoms with Crippen LogP contribution in [0.5, 0.6) is 0 Å². The highest BCUT2D eigenvalue weighted by Gasteiger charge is 2.22. The van der Waals surface area contributed by atoms with Crippen LogP contribution in [-0.2, 0) is 10.0 Å². The first-order chi connectivity index (χ1) is 9.72. The van der Waals surface area contributed by atoms with Crippen molar-refractivity contribution in [1.29, 1.82) is 0 Å². The van der Waals surface area contributed by atoms with Crippen molar-refractivity contribution in [3.63, 3.8) is 0 Å². The number of pyridine rings is 1. The van der Waals surface area contributed by atoms with Crippen molar-refractivity contribution in [3.8, 4) is 0 Å². The van der Waals surface area contributed by atoms with E-state index in [1.165, 1.54) is 6.20 Å². The second kappa shape index (κ2) is 5.53. The second-order valence-electron chi connectivity index (χ2n) is 3.87. The molecule has 1 aromatic heterocycles. The van der Waals surface area contributed by atoms with Gasteiger partial charge in [0.15, 0.2) is 17.5 Å². The molecule has 0 saturated heterocycles. The maximum Gasteiger partial charge on any atom is 0.265 e. The van der Waals surface area contributed by atoms with Crippen LogP contribution >= 0.6 is 15.9 Å². The molecule has 2 aromatic rings. The van der Waals surface area contributed by atoms with Crippen molar-refractivity contribution in [2.45, 2.75) is 4.90 Å². The van der Waals surface area contributed by atoms with Crippen LogP contribution in [0.25, 0.3) is 0 Å². The summed E-state index contributed by atoms with van der Waals surface area (Å²) in [5, 5.41) is 0. The lowest BCUT2D eigenvalue weighted by Crippen LogP contribution is -2.17. The van der Waals surface area contributed by atoms with Gasteiger partial charge in [-0.15, -0.1) is 0 Å². The predicted octanol–water partition coefficient (Wildman–Crippen LogP) is 2.64. The lowest BCUT2D eigenvalue weighted by atomic mass is 10.3. The molecule has 0 atom stereocenters. The highest BCUT2D eigenvalue weighted by molar-refractivity contribution is 9.10. The van der Waals surface area contributed by atoms with Crippen LogP contribution < -0.4 is 10.5 Å². The van der Waals surface area contributed by atoms with Gasteiger partial charge in [-0.05, 0) is 34.1 Å². The van der Waals surface area contributed by atoms with Gasteiger partial charge in [-0.25, -0.2) is 26.6 Å². The van der Waals surface area contributed by atoms with Crippen molar-refractivity contribution in [3.05, 3.63) is 46.3 Å². The number of benzene rings is 1. The fourth-order valence-corrected chi connectivity index (χ4v) is 3.10. The minimum Gasteiger partial charge on any atom is -0.383 e. The summed E-state index contributed by atoms with van der Waals surface area (Å²) in [5.74, 6) is -5.19. The SMILES string of the molecule is Nc1ncc(Br)cc1S(=O)(=O)Nc1ccc(F)c(F)c1F. The molecule has 0 aliphatic rings. The fourth-order valence-electron chi connectivity index (χ4n) is 1.45. The van der Waals surface area contributed by atoms with E-state index in [4.69, 9.17) is 5.73 Å². The van der Waals surface area contributed by atoms with Crippen LogP contribution in [-0.4, -0.2) is 13.4 Å². The van der Waals surface area contributed by atoms with Gasteiger partial charge in [0.2, 0.25) is 0 Å². The van der Waals surface area contributed by atoms with E-state index < -0.39 is 38.1 Å². The number of hydrogen-bond donors (Lipinski definition) is 2. The Hall–Kier alpha value is -1.81. The summed E-state index contributed by atoms with van der Waals surface area (Å²) in [6.45, 7) is 0. The molecule has 112 valence electrons. The van der Waals surface area contributed by atoms with Crippen molar-refractivity contribution < 1.29 is 21.6 Å². The number of nitrogens with two attached hydrogens (primary N) is 1. The number of hydrogen-bond acceptors (Lipinski definition) is 4. The van der Waals surface area contributed by atoms with Gasteiger partial charge >= 0.3 is 0 Å². The average molecular weight is 382 g/mol. The summed E-state index contributed by atoms with van der Waals surface area (Å²) in [4.78, 5) is 3.19. The summed E-state index contributed by atoms with van der Waals surface area (Å²) in [6, 6.07) is 2.49. The standard InChI is InChI=1S/C11H7BrF3N3O2S/c12-5-3-8(11(16)17-4-5)21(19,20)18-7-2-1-6(13)9(14)10(7)15/h1-4,18H,(H2,16,17). The van der Waals surface area contributed by atoms with E-state index in [1.807, 2.05) is 0 Å². The third kappa shape index (κ3) is 3.10. The molecule has 0 radical (unpaired) electrons. The summed E-state index contributed by atoms with van der Waals surface area (Å²) >= 11 is 3.02. The van der Waals surface area contributed by atoms with Crippen molar-refractivity contribution in [2.24, 2.45) is 0 Å². The normalized spacial score (nSPS) is 11.4. The second-order valence-corrected chi connectivity index (χ2v) is 6.43. The molecule has 0 saturated carbocycles. The van der Waals surface area contributed by atoms with Crippen LogP contribution in [0.1, 0.15) is 0 Å². The van der Waals surface area contributed by atoms with Gasteiger partial charge in [0, 0.05) is 10.7 Å². The minimum absolute atomic E-state index is 0.322. The van der Waals surface area contributed by atoms with Gasteiger partial charge in [0.1, 0.15) is 10.7 Å². The molecule has 3 N–H and O–H groups in total. The molecule has 21 heavy (non-hydrogen) atoms. The smallest absolute Gasteiger partial charge is 0.265 e.